The first kappa shape index (κ1) is 12.7. The Morgan fingerprint density at radius 3 is 3.00 bits per heavy atom. The van der Waals surface area contributed by atoms with E-state index in [1.807, 2.05) is 0 Å². The molecule has 2 aliphatic rings. The maximum absolute atomic E-state index is 5.76. The lowest BCUT2D eigenvalue weighted by Gasteiger charge is -2.24. The van der Waals surface area contributed by atoms with Crippen molar-refractivity contribution in [3.63, 3.8) is 0 Å². The highest BCUT2D eigenvalue weighted by Crippen LogP contribution is 2.38. The van der Waals surface area contributed by atoms with E-state index < -0.39 is 0 Å². The summed E-state index contributed by atoms with van der Waals surface area (Å²) >= 11 is 5.76. The fraction of sp³-hybridized carbons (Fsp3) is 0.750. The molecule has 96 valence electrons. The van der Waals surface area contributed by atoms with Gasteiger partial charge in [-0.15, -0.1) is 0 Å². The van der Waals surface area contributed by atoms with Crippen molar-refractivity contribution < 1.29 is 4.74 Å². The van der Waals surface area contributed by atoms with E-state index in [1.54, 1.807) is 7.05 Å². The second-order valence-electron chi connectivity index (χ2n) is 4.89. The minimum atomic E-state index is 0.357. The smallest absolute Gasteiger partial charge is 0.193 e. The molecule has 2 aliphatic heterocycles. The molecule has 0 aliphatic carbocycles. The summed E-state index contributed by atoms with van der Waals surface area (Å²) in [6, 6.07) is 0. The molecule has 0 aromatic rings. The summed E-state index contributed by atoms with van der Waals surface area (Å²) in [6.45, 7) is 8.09. The molecule has 0 radical (unpaired) electrons. The molecule has 0 bridgehead atoms. The Labute approximate surface area is 108 Å². The van der Waals surface area contributed by atoms with Crippen molar-refractivity contribution in [3.05, 3.63) is 11.6 Å². The number of likely N-dealkylation sites (tertiary alicyclic amines) is 1. The first-order valence-electron chi connectivity index (χ1n) is 6.02. The van der Waals surface area contributed by atoms with Gasteiger partial charge in [0.25, 0.3) is 0 Å². The van der Waals surface area contributed by atoms with Crippen molar-refractivity contribution in [1.82, 2.24) is 10.2 Å². The number of nitrogens with zero attached hydrogens (tertiary/aromatic N) is 2. The Morgan fingerprint density at radius 2 is 2.41 bits per heavy atom. The first-order chi connectivity index (χ1) is 8.15. The largest absolute Gasteiger partial charge is 0.381 e. The topological polar surface area (TPSA) is 36.9 Å². The summed E-state index contributed by atoms with van der Waals surface area (Å²) in [4.78, 5) is 6.57. The van der Waals surface area contributed by atoms with Crippen molar-refractivity contribution in [3.8, 4) is 0 Å². The standard InChI is InChI=1S/C12H20ClN3O/c1-10(13)7-15-11(14-2)16-5-3-12(8-16)4-6-17-9-12/h1,3-9H2,2H3,(H,14,15). The Balaban J connectivity index is 1.91. The van der Waals surface area contributed by atoms with E-state index in [0.29, 0.717) is 17.0 Å². The molecule has 5 heteroatoms. The summed E-state index contributed by atoms with van der Waals surface area (Å²) in [5.74, 6) is 0.913. The Kier molecular flexibility index (Phi) is 3.94. The lowest BCUT2D eigenvalue weighted by molar-refractivity contribution is 0.156. The third-order valence-electron chi connectivity index (χ3n) is 3.57. The van der Waals surface area contributed by atoms with Gasteiger partial charge in [0.15, 0.2) is 5.96 Å². The van der Waals surface area contributed by atoms with Gasteiger partial charge in [-0.2, -0.15) is 0 Å². The maximum atomic E-state index is 5.76. The highest BCUT2D eigenvalue weighted by Gasteiger charge is 2.42. The quantitative estimate of drug-likeness (QED) is 0.601. The third-order valence-corrected chi connectivity index (χ3v) is 3.71. The predicted octanol–water partition coefficient (Wildman–Crippen LogP) is 1.43. The predicted molar refractivity (Wildman–Crippen MR) is 70.4 cm³/mol. The van der Waals surface area contributed by atoms with Crippen molar-refractivity contribution in [2.75, 3.05) is 39.9 Å². The number of aliphatic imine (C=N–C) groups is 1. The molecule has 4 nitrogen and oxygen atoms in total. The zero-order chi connectivity index (χ0) is 12.3. The van der Waals surface area contributed by atoms with Crippen LogP contribution >= 0.6 is 11.6 Å². The van der Waals surface area contributed by atoms with Crippen LogP contribution in [0.2, 0.25) is 0 Å². The molecule has 0 aromatic carbocycles. The summed E-state index contributed by atoms with van der Waals surface area (Å²) in [6.07, 6.45) is 2.36. The number of hydrogen-bond donors (Lipinski definition) is 1. The van der Waals surface area contributed by atoms with Crippen LogP contribution < -0.4 is 5.32 Å². The van der Waals surface area contributed by atoms with Crippen LogP contribution in [-0.4, -0.2) is 50.8 Å². The van der Waals surface area contributed by atoms with Crippen LogP contribution in [0, 0.1) is 5.41 Å². The van der Waals surface area contributed by atoms with Gasteiger partial charge < -0.3 is 15.0 Å². The summed E-state index contributed by atoms with van der Waals surface area (Å²) in [5, 5.41) is 3.82. The average Bonchev–Trinajstić information content (AvgIpc) is 2.91. The molecule has 17 heavy (non-hydrogen) atoms. The fourth-order valence-electron chi connectivity index (χ4n) is 2.59. The molecule has 0 saturated carbocycles. The maximum Gasteiger partial charge on any atom is 0.193 e. The van der Waals surface area contributed by atoms with Crippen LogP contribution in [0.15, 0.2) is 16.6 Å². The van der Waals surface area contributed by atoms with E-state index in [4.69, 9.17) is 16.3 Å². The molecule has 0 amide bonds. The van der Waals surface area contributed by atoms with Gasteiger partial charge in [0.05, 0.1) is 13.2 Å². The zero-order valence-electron chi connectivity index (χ0n) is 10.3. The SMILES string of the molecule is C=C(Cl)CNC(=NC)N1CCC2(CCOC2)C1. The molecule has 0 aromatic heterocycles. The van der Waals surface area contributed by atoms with E-state index in [9.17, 15) is 0 Å². The monoisotopic (exact) mass is 257 g/mol. The van der Waals surface area contributed by atoms with Gasteiger partial charge in [0.1, 0.15) is 0 Å². The van der Waals surface area contributed by atoms with Crippen molar-refractivity contribution >= 4 is 17.6 Å². The number of halogens is 1. The van der Waals surface area contributed by atoms with Crippen LogP contribution in [0.3, 0.4) is 0 Å². The number of nitrogens with one attached hydrogen (secondary N) is 1. The number of guanidine groups is 1. The Bertz CT molecular complexity index is 324. The molecule has 1 unspecified atom stereocenters. The van der Waals surface area contributed by atoms with Gasteiger partial charge in [-0.1, -0.05) is 18.2 Å². The molecule has 1 atom stereocenters. The second-order valence-corrected chi connectivity index (χ2v) is 5.43. The van der Waals surface area contributed by atoms with Crippen molar-refractivity contribution in [2.45, 2.75) is 12.8 Å². The average molecular weight is 258 g/mol. The molecular weight excluding hydrogens is 238 g/mol. The van der Waals surface area contributed by atoms with Crippen LogP contribution in [0.25, 0.3) is 0 Å². The van der Waals surface area contributed by atoms with Crippen molar-refractivity contribution in [1.29, 1.82) is 0 Å². The van der Waals surface area contributed by atoms with E-state index >= 15 is 0 Å². The van der Waals surface area contributed by atoms with E-state index in [1.165, 1.54) is 12.8 Å². The van der Waals surface area contributed by atoms with Gasteiger partial charge >= 0.3 is 0 Å². The number of hydrogen-bond acceptors (Lipinski definition) is 2. The van der Waals surface area contributed by atoms with Crippen LogP contribution in [-0.2, 0) is 4.74 Å². The van der Waals surface area contributed by atoms with Gasteiger partial charge in [0.2, 0.25) is 0 Å². The number of ether oxygens (including phenoxy) is 1. The van der Waals surface area contributed by atoms with Crippen LogP contribution in [0.5, 0.6) is 0 Å². The minimum Gasteiger partial charge on any atom is -0.381 e. The van der Waals surface area contributed by atoms with Crippen molar-refractivity contribution in [2.24, 2.45) is 10.4 Å². The van der Waals surface area contributed by atoms with E-state index in [-0.39, 0.29) is 0 Å². The molecule has 1 spiro atoms. The molecular formula is C12H20ClN3O. The highest BCUT2D eigenvalue weighted by molar-refractivity contribution is 6.29. The third kappa shape index (κ3) is 2.93. The lowest BCUT2D eigenvalue weighted by atomic mass is 9.87. The molecule has 2 rings (SSSR count). The van der Waals surface area contributed by atoms with Gasteiger partial charge in [0, 0.05) is 37.2 Å². The van der Waals surface area contributed by atoms with Gasteiger partial charge in [-0.25, -0.2) is 0 Å². The summed E-state index contributed by atoms with van der Waals surface area (Å²) in [5.41, 5.74) is 0.357. The van der Waals surface area contributed by atoms with Crippen LogP contribution in [0.4, 0.5) is 0 Å². The van der Waals surface area contributed by atoms with Gasteiger partial charge in [-0.3, -0.25) is 4.99 Å². The zero-order valence-corrected chi connectivity index (χ0v) is 11.1. The molecule has 1 N–H and O–H groups in total. The van der Waals surface area contributed by atoms with E-state index in [2.05, 4.69) is 21.8 Å². The Morgan fingerprint density at radius 1 is 1.59 bits per heavy atom. The van der Waals surface area contributed by atoms with E-state index in [0.717, 1.165) is 32.3 Å². The normalized spacial score (nSPS) is 29.1. The van der Waals surface area contributed by atoms with Gasteiger partial charge in [-0.05, 0) is 12.8 Å². The fourth-order valence-corrected chi connectivity index (χ4v) is 2.66. The number of rotatable bonds is 2. The molecule has 2 saturated heterocycles. The lowest BCUT2D eigenvalue weighted by Crippen LogP contribution is -2.41. The van der Waals surface area contributed by atoms with Crippen LogP contribution in [0.1, 0.15) is 12.8 Å². The summed E-state index contributed by atoms with van der Waals surface area (Å²) < 4.78 is 5.52. The highest BCUT2D eigenvalue weighted by atomic mass is 35.5. The Hall–Kier alpha value is -0.740. The second kappa shape index (κ2) is 5.27. The molecule has 2 fully saturated rings. The first-order valence-corrected chi connectivity index (χ1v) is 6.40. The summed E-state index contributed by atoms with van der Waals surface area (Å²) in [7, 11) is 1.80. The minimum absolute atomic E-state index is 0.357. The molecule has 2 heterocycles.